The molecule has 0 heterocycles. The highest BCUT2D eigenvalue weighted by atomic mass is 16.5. The number of ether oxygens (including phenoxy) is 3. The minimum Gasteiger partial charge on any atom is -0.493 e. The first-order valence-electron chi connectivity index (χ1n) is 7.47. The molecule has 0 aliphatic rings. The molecule has 0 bridgehead atoms. The Hall–Kier alpha value is -2.89. The van der Waals surface area contributed by atoms with E-state index in [4.69, 9.17) is 14.2 Å². The van der Waals surface area contributed by atoms with Gasteiger partial charge >= 0.3 is 0 Å². The Kier molecular flexibility index (Phi) is 5.89. The van der Waals surface area contributed by atoms with Gasteiger partial charge in [-0.05, 0) is 19.1 Å². The average Bonchev–Trinajstić information content (AvgIpc) is 2.60. The number of hydrogen-bond donors (Lipinski definition) is 2. The van der Waals surface area contributed by atoms with Gasteiger partial charge in [-0.3, -0.25) is 4.79 Å². The molecule has 6 heteroatoms. The van der Waals surface area contributed by atoms with Crippen LogP contribution in [0.2, 0.25) is 0 Å². The number of hydrogen-bond acceptors (Lipinski definition) is 5. The molecule has 0 spiro atoms. The van der Waals surface area contributed by atoms with Crippen molar-refractivity contribution >= 4 is 17.3 Å². The van der Waals surface area contributed by atoms with Crippen LogP contribution in [0.1, 0.15) is 5.56 Å². The van der Waals surface area contributed by atoms with Gasteiger partial charge < -0.3 is 24.8 Å². The van der Waals surface area contributed by atoms with Gasteiger partial charge in [-0.1, -0.05) is 17.7 Å². The van der Waals surface area contributed by atoms with E-state index in [2.05, 4.69) is 10.6 Å². The maximum atomic E-state index is 12.0. The second-order valence-corrected chi connectivity index (χ2v) is 5.18. The quantitative estimate of drug-likeness (QED) is 0.816. The molecule has 0 saturated carbocycles. The molecule has 1 amide bonds. The van der Waals surface area contributed by atoms with Crippen molar-refractivity contribution in [3.05, 3.63) is 42.0 Å². The minimum absolute atomic E-state index is 0.118. The summed E-state index contributed by atoms with van der Waals surface area (Å²) >= 11 is 0. The number of carbonyl (C=O) groups is 1. The number of carbonyl (C=O) groups excluding carboxylic acids is 1. The van der Waals surface area contributed by atoms with Crippen LogP contribution in [-0.2, 0) is 4.79 Å². The maximum Gasteiger partial charge on any atom is 0.243 e. The monoisotopic (exact) mass is 330 g/mol. The van der Waals surface area contributed by atoms with E-state index in [0.717, 1.165) is 11.3 Å². The number of rotatable bonds is 7. The summed E-state index contributed by atoms with van der Waals surface area (Å²) in [6, 6.07) is 11.1. The Labute approximate surface area is 141 Å². The fraction of sp³-hybridized carbons (Fsp3) is 0.278. The number of nitrogens with one attached hydrogen (secondary N) is 2. The predicted octanol–water partition coefficient (Wildman–Crippen LogP) is 3.07. The van der Waals surface area contributed by atoms with Crippen molar-refractivity contribution in [3.8, 4) is 17.2 Å². The zero-order valence-electron chi connectivity index (χ0n) is 14.3. The largest absolute Gasteiger partial charge is 0.493 e. The molecule has 0 radical (unpaired) electrons. The second-order valence-electron chi connectivity index (χ2n) is 5.18. The lowest BCUT2D eigenvalue weighted by Gasteiger charge is -2.15. The van der Waals surface area contributed by atoms with Crippen molar-refractivity contribution in [2.75, 3.05) is 38.5 Å². The molecular formula is C18H22N2O4. The molecule has 128 valence electrons. The average molecular weight is 330 g/mol. The molecule has 0 unspecified atom stereocenters. The van der Waals surface area contributed by atoms with E-state index in [9.17, 15) is 4.79 Å². The van der Waals surface area contributed by atoms with Gasteiger partial charge in [-0.25, -0.2) is 0 Å². The Bertz CT molecular complexity index is 674. The lowest BCUT2D eigenvalue weighted by atomic mass is 10.2. The third-order valence-electron chi connectivity index (χ3n) is 3.45. The third-order valence-corrected chi connectivity index (χ3v) is 3.45. The maximum absolute atomic E-state index is 12.0. The van der Waals surface area contributed by atoms with Crippen molar-refractivity contribution in [2.24, 2.45) is 0 Å². The molecule has 2 rings (SSSR count). The van der Waals surface area contributed by atoms with Crippen molar-refractivity contribution < 1.29 is 19.0 Å². The Morgan fingerprint density at radius 2 is 1.50 bits per heavy atom. The smallest absolute Gasteiger partial charge is 0.243 e. The third kappa shape index (κ3) is 4.32. The summed E-state index contributed by atoms with van der Waals surface area (Å²) in [7, 11) is 4.64. The minimum atomic E-state index is -0.146. The zero-order chi connectivity index (χ0) is 17.5. The van der Waals surface area contributed by atoms with Gasteiger partial charge in [-0.15, -0.1) is 0 Å². The number of anilines is 2. The number of benzene rings is 2. The fourth-order valence-corrected chi connectivity index (χ4v) is 2.21. The lowest BCUT2D eigenvalue weighted by Crippen LogP contribution is -2.21. The summed E-state index contributed by atoms with van der Waals surface area (Å²) in [6.07, 6.45) is 0. The highest BCUT2D eigenvalue weighted by Crippen LogP contribution is 2.39. The van der Waals surface area contributed by atoms with Crippen LogP contribution in [0, 0.1) is 6.92 Å². The second kappa shape index (κ2) is 8.10. The Morgan fingerprint density at radius 3 is 2.00 bits per heavy atom. The highest BCUT2D eigenvalue weighted by Gasteiger charge is 2.13. The molecular weight excluding hydrogens is 308 g/mol. The van der Waals surface area contributed by atoms with Gasteiger partial charge in [0.15, 0.2) is 11.5 Å². The van der Waals surface area contributed by atoms with Gasteiger partial charge in [0.1, 0.15) is 0 Å². The standard InChI is InChI=1S/C18H22N2O4/c1-12-5-7-13(8-6-12)20-17(21)11-19-14-9-15(22-2)18(24-4)16(10-14)23-3/h5-10,19H,11H2,1-4H3,(H,20,21). The normalized spacial score (nSPS) is 10.0. The van der Waals surface area contributed by atoms with E-state index in [1.165, 1.54) is 0 Å². The van der Waals surface area contributed by atoms with Gasteiger partial charge in [-0.2, -0.15) is 0 Å². The number of aryl methyl sites for hydroxylation is 1. The summed E-state index contributed by atoms with van der Waals surface area (Å²) in [5, 5.41) is 5.88. The first-order valence-corrected chi connectivity index (χ1v) is 7.47. The van der Waals surface area contributed by atoms with Gasteiger partial charge in [0.2, 0.25) is 11.7 Å². The molecule has 2 aromatic carbocycles. The van der Waals surface area contributed by atoms with Crippen molar-refractivity contribution in [2.45, 2.75) is 6.92 Å². The molecule has 0 aliphatic carbocycles. The van der Waals surface area contributed by atoms with E-state index in [-0.39, 0.29) is 12.5 Å². The number of amides is 1. The van der Waals surface area contributed by atoms with Crippen LogP contribution >= 0.6 is 0 Å². The van der Waals surface area contributed by atoms with Crippen LogP contribution in [0.5, 0.6) is 17.2 Å². The summed E-state index contributed by atoms with van der Waals surface area (Å²) in [6.45, 7) is 2.12. The molecule has 2 aromatic rings. The molecule has 24 heavy (non-hydrogen) atoms. The van der Waals surface area contributed by atoms with E-state index in [1.54, 1.807) is 33.5 Å². The highest BCUT2D eigenvalue weighted by molar-refractivity contribution is 5.93. The van der Waals surface area contributed by atoms with Crippen LogP contribution in [0.3, 0.4) is 0 Å². The molecule has 0 fully saturated rings. The van der Waals surface area contributed by atoms with Crippen LogP contribution in [0.4, 0.5) is 11.4 Å². The van der Waals surface area contributed by atoms with E-state index >= 15 is 0 Å². The van der Waals surface area contributed by atoms with Crippen LogP contribution in [-0.4, -0.2) is 33.8 Å². The Morgan fingerprint density at radius 1 is 0.917 bits per heavy atom. The van der Waals surface area contributed by atoms with Gasteiger partial charge in [0.25, 0.3) is 0 Å². The number of methoxy groups -OCH3 is 3. The first-order chi connectivity index (χ1) is 11.6. The van der Waals surface area contributed by atoms with Crippen molar-refractivity contribution in [1.29, 1.82) is 0 Å². The SMILES string of the molecule is COc1cc(NCC(=O)Nc2ccc(C)cc2)cc(OC)c1OC. The van der Waals surface area contributed by atoms with Crippen molar-refractivity contribution in [1.82, 2.24) is 0 Å². The van der Waals surface area contributed by atoms with Gasteiger partial charge in [0, 0.05) is 23.5 Å². The van der Waals surface area contributed by atoms with Crippen LogP contribution < -0.4 is 24.8 Å². The molecule has 0 saturated heterocycles. The molecule has 0 aromatic heterocycles. The molecule has 6 nitrogen and oxygen atoms in total. The Balaban J connectivity index is 2.03. The molecule has 0 aliphatic heterocycles. The first kappa shape index (κ1) is 17.5. The topological polar surface area (TPSA) is 68.8 Å². The van der Waals surface area contributed by atoms with Crippen LogP contribution in [0.25, 0.3) is 0 Å². The predicted molar refractivity (Wildman–Crippen MR) is 94.4 cm³/mol. The van der Waals surface area contributed by atoms with Crippen LogP contribution in [0.15, 0.2) is 36.4 Å². The molecule has 0 atom stereocenters. The van der Waals surface area contributed by atoms with Gasteiger partial charge in [0.05, 0.1) is 27.9 Å². The summed E-state index contributed by atoms with van der Waals surface area (Å²) < 4.78 is 15.8. The van der Waals surface area contributed by atoms with E-state index < -0.39 is 0 Å². The summed E-state index contributed by atoms with van der Waals surface area (Å²) in [5.41, 5.74) is 2.60. The zero-order valence-corrected chi connectivity index (χ0v) is 14.3. The van der Waals surface area contributed by atoms with E-state index in [1.807, 2.05) is 31.2 Å². The van der Waals surface area contributed by atoms with E-state index in [0.29, 0.717) is 22.9 Å². The summed E-state index contributed by atoms with van der Waals surface area (Å²) in [4.78, 5) is 12.0. The fourth-order valence-electron chi connectivity index (χ4n) is 2.21. The molecule has 2 N–H and O–H groups in total. The lowest BCUT2D eigenvalue weighted by molar-refractivity contribution is -0.114. The summed E-state index contributed by atoms with van der Waals surface area (Å²) in [5.74, 6) is 1.42. The van der Waals surface area contributed by atoms with Crippen molar-refractivity contribution in [3.63, 3.8) is 0 Å².